The Morgan fingerprint density at radius 1 is 1.33 bits per heavy atom. The normalized spacial score (nSPS) is 12.9. The van der Waals surface area contributed by atoms with Gasteiger partial charge in [0.05, 0.1) is 0 Å². The molecule has 0 bridgehead atoms. The Morgan fingerprint density at radius 2 is 1.92 bits per heavy atom. The second-order valence-electron chi connectivity index (χ2n) is 1.98. The van der Waals surface area contributed by atoms with Crippen LogP contribution in [-0.2, 0) is 11.1 Å². The van der Waals surface area contributed by atoms with E-state index in [1.54, 1.807) is 0 Å². The average molecular weight is 194 g/mol. The predicted molar refractivity (Wildman–Crippen MR) is 37.1 cm³/mol. The van der Waals surface area contributed by atoms with Crippen molar-refractivity contribution in [2.75, 3.05) is 0 Å². The van der Waals surface area contributed by atoms with Crippen LogP contribution in [0.25, 0.3) is 0 Å². The van der Waals surface area contributed by atoms with E-state index in [9.17, 15) is 13.0 Å². The number of phenols is 1. The molecule has 2 N–H and O–H groups in total. The average Bonchev–Trinajstić information content (AvgIpc) is 1.96. The first-order valence-corrected chi connectivity index (χ1v) is 3.92. The summed E-state index contributed by atoms with van der Waals surface area (Å²) >= 11 is -2.59. The molecule has 0 heterocycles. The molecule has 1 aromatic carbocycles. The summed E-state index contributed by atoms with van der Waals surface area (Å²) < 4.78 is 43.6. The van der Waals surface area contributed by atoms with Crippen LogP contribution in [0.3, 0.4) is 0 Å². The summed E-state index contributed by atoms with van der Waals surface area (Å²) in [5, 5.41) is 8.80. The molecule has 0 aliphatic rings. The quantitative estimate of drug-likeness (QED) is 0.661. The molecule has 6 heteroatoms. The first-order valence-electron chi connectivity index (χ1n) is 2.81. The number of halogens is 2. The van der Waals surface area contributed by atoms with Crippen molar-refractivity contribution in [2.24, 2.45) is 0 Å². The van der Waals surface area contributed by atoms with Gasteiger partial charge in [-0.3, -0.25) is 0 Å². The zero-order chi connectivity index (χ0) is 9.30. The number of aromatic hydroxyl groups is 1. The molecule has 1 rings (SSSR count). The van der Waals surface area contributed by atoms with Crippen molar-refractivity contribution >= 4 is 11.1 Å². The minimum absolute atomic E-state index is 0.422. The molecule has 0 aliphatic carbocycles. The van der Waals surface area contributed by atoms with Gasteiger partial charge in [-0.2, -0.15) is 0 Å². The topological polar surface area (TPSA) is 57.5 Å². The van der Waals surface area contributed by atoms with Crippen molar-refractivity contribution in [1.82, 2.24) is 0 Å². The molecule has 0 aliphatic heterocycles. The van der Waals surface area contributed by atoms with Crippen LogP contribution in [-0.4, -0.2) is 13.9 Å². The lowest BCUT2D eigenvalue weighted by atomic mass is 10.3. The lowest BCUT2D eigenvalue weighted by Crippen LogP contribution is -1.93. The van der Waals surface area contributed by atoms with Gasteiger partial charge in [-0.1, -0.05) is 0 Å². The predicted octanol–water partition coefficient (Wildman–Crippen LogP) is 1.25. The molecule has 0 aromatic heterocycles. The third kappa shape index (κ3) is 1.59. The van der Waals surface area contributed by atoms with Gasteiger partial charge < -0.3 is 9.66 Å². The van der Waals surface area contributed by atoms with Crippen LogP contribution < -0.4 is 0 Å². The molecule has 0 saturated carbocycles. The Labute approximate surface area is 68.9 Å². The van der Waals surface area contributed by atoms with Gasteiger partial charge in [-0.05, 0) is 6.07 Å². The molecule has 0 radical (unpaired) electrons. The van der Waals surface area contributed by atoms with E-state index in [0.29, 0.717) is 12.1 Å². The van der Waals surface area contributed by atoms with Gasteiger partial charge in [0.1, 0.15) is 10.7 Å². The van der Waals surface area contributed by atoms with Gasteiger partial charge in [0.2, 0.25) is 0 Å². The van der Waals surface area contributed by atoms with Gasteiger partial charge >= 0.3 is 0 Å². The van der Waals surface area contributed by atoms with Gasteiger partial charge in [0.15, 0.2) is 22.6 Å². The van der Waals surface area contributed by atoms with Gasteiger partial charge in [0, 0.05) is 6.07 Å². The highest BCUT2D eigenvalue weighted by atomic mass is 32.2. The van der Waals surface area contributed by atoms with E-state index in [-0.39, 0.29) is 0 Å². The number of phenolic OH excluding ortho intramolecular Hbond substituents is 1. The standard InChI is InChI=1S/C6H4F2O3S/c7-3-1-4(8)6(9)5(2-3)12(10)11/h1-2,9H,(H,10,11). The summed E-state index contributed by atoms with van der Waals surface area (Å²) in [5.74, 6) is -3.27. The molecule has 0 amide bonds. The fourth-order valence-corrected chi connectivity index (χ4v) is 1.15. The molecule has 66 valence electrons. The van der Waals surface area contributed by atoms with Crippen molar-refractivity contribution in [1.29, 1.82) is 0 Å². The van der Waals surface area contributed by atoms with E-state index >= 15 is 0 Å². The molecule has 0 fully saturated rings. The fraction of sp³-hybridized carbons (Fsp3) is 0. The lowest BCUT2D eigenvalue weighted by molar-refractivity contribution is 0.410. The zero-order valence-electron chi connectivity index (χ0n) is 5.62. The van der Waals surface area contributed by atoms with Crippen LogP contribution in [0.4, 0.5) is 8.78 Å². The van der Waals surface area contributed by atoms with E-state index in [4.69, 9.17) is 9.66 Å². The SMILES string of the molecule is O=S(O)c1cc(F)cc(F)c1O. The van der Waals surface area contributed by atoms with Gasteiger partial charge in [-0.25, -0.2) is 13.0 Å². The highest BCUT2D eigenvalue weighted by Gasteiger charge is 2.13. The Bertz CT molecular complexity index is 340. The minimum Gasteiger partial charge on any atom is -0.504 e. The maximum atomic E-state index is 12.5. The molecule has 12 heavy (non-hydrogen) atoms. The molecule has 1 atom stereocenters. The van der Waals surface area contributed by atoms with Crippen molar-refractivity contribution in [3.05, 3.63) is 23.8 Å². The van der Waals surface area contributed by atoms with Crippen molar-refractivity contribution in [2.45, 2.75) is 4.90 Å². The molecular weight excluding hydrogens is 190 g/mol. The summed E-state index contributed by atoms with van der Waals surface area (Å²) in [5.41, 5.74) is 0. The summed E-state index contributed by atoms with van der Waals surface area (Å²) in [4.78, 5) is -0.674. The largest absolute Gasteiger partial charge is 0.504 e. The van der Waals surface area contributed by atoms with Crippen LogP contribution in [0.1, 0.15) is 0 Å². The molecule has 0 spiro atoms. The van der Waals surface area contributed by atoms with E-state index in [1.807, 2.05) is 0 Å². The number of hydrogen-bond donors (Lipinski definition) is 2. The summed E-state index contributed by atoms with van der Waals surface area (Å²) in [6.07, 6.45) is 0. The van der Waals surface area contributed by atoms with E-state index in [1.165, 1.54) is 0 Å². The summed E-state index contributed by atoms with van der Waals surface area (Å²) in [6, 6.07) is 1.01. The Balaban J connectivity index is 3.37. The Kier molecular flexibility index (Phi) is 2.39. The molecule has 1 unspecified atom stereocenters. The van der Waals surface area contributed by atoms with Crippen molar-refractivity contribution in [3.63, 3.8) is 0 Å². The number of rotatable bonds is 1. The first kappa shape index (κ1) is 9.08. The maximum Gasteiger partial charge on any atom is 0.190 e. The highest BCUT2D eigenvalue weighted by Crippen LogP contribution is 2.24. The van der Waals surface area contributed by atoms with Gasteiger partial charge in [-0.15, -0.1) is 0 Å². The number of hydrogen-bond acceptors (Lipinski definition) is 2. The Hall–Kier alpha value is -1.01. The van der Waals surface area contributed by atoms with E-state index < -0.39 is 33.4 Å². The second kappa shape index (κ2) is 3.16. The van der Waals surface area contributed by atoms with Crippen LogP contribution in [0.2, 0.25) is 0 Å². The highest BCUT2D eigenvalue weighted by molar-refractivity contribution is 7.79. The van der Waals surface area contributed by atoms with E-state index in [2.05, 4.69) is 0 Å². The molecule has 0 saturated heterocycles. The summed E-state index contributed by atoms with van der Waals surface area (Å²) in [6.45, 7) is 0. The smallest absolute Gasteiger partial charge is 0.190 e. The second-order valence-corrected chi connectivity index (χ2v) is 2.92. The number of benzene rings is 1. The summed E-state index contributed by atoms with van der Waals surface area (Å²) in [7, 11) is 0. The van der Waals surface area contributed by atoms with Crippen molar-refractivity contribution < 1.29 is 22.6 Å². The zero-order valence-corrected chi connectivity index (χ0v) is 6.44. The van der Waals surface area contributed by atoms with E-state index in [0.717, 1.165) is 0 Å². The van der Waals surface area contributed by atoms with Crippen LogP contribution in [0.5, 0.6) is 5.75 Å². The fourth-order valence-electron chi connectivity index (χ4n) is 0.675. The van der Waals surface area contributed by atoms with Crippen LogP contribution in [0, 0.1) is 11.6 Å². The Morgan fingerprint density at radius 3 is 2.42 bits per heavy atom. The lowest BCUT2D eigenvalue weighted by Gasteiger charge is -2.00. The molecule has 3 nitrogen and oxygen atoms in total. The monoisotopic (exact) mass is 194 g/mol. The van der Waals surface area contributed by atoms with Gasteiger partial charge in [0.25, 0.3) is 0 Å². The third-order valence-electron chi connectivity index (χ3n) is 1.18. The molecular formula is C6H4F2O3S. The first-order chi connectivity index (χ1) is 5.52. The third-order valence-corrected chi connectivity index (χ3v) is 1.87. The van der Waals surface area contributed by atoms with Crippen LogP contribution >= 0.6 is 0 Å². The minimum atomic E-state index is -2.59. The van der Waals surface area contributed by atoms with Crippen LogP contribution in [0.15, 0.2) is 17.0 Å². The molecule has 1 aromatic rings. The van der Waals surface area contributed by atoms with Crippen molar-refractivity contribution in [3.8, 4) is 5.75 Å². The maximum absolute atomic E-state index is 12.5.